The fraction of sp³-hybridized carbons (Fsp3) is 0.833. The number of halogens is 1. The molecule has 1 amide bonds. The van der Waals surface area contributed by atoms with E-state index >= 15 is 0 Å². The van der Waals surface area contributed by atoms with Gasteiger partial charge in [-0.05, 0) is 0 Å². The lowest BCUT2D eigenvalue weighted by molar-refractivity contribution is -0.119. The third-order valence-electron chi connectivity index (χ3n) is 1.02. The Bertz CT molecular complexity index is 120. The summed E-state index contributed by atoms with van der Waals surface area (Å²) in [6.07, 6.45) is -0.622. The minimum atomic E-state index is -0.622. The third kappa shape index (κ3) is 6.28. The van der Waals surface area contributed by atoms with Crippen LogP contribution in [0.1, 0.15) is 0 Å². The van der Waals surface area contributed by atoms with Crippen LogP contribution in [0.4, 0.5) is 0 Å². The average Bonchev–Trinajstić information content (AvgIpc) is 2.01. The predicted molar refractivity (Wildman–Crippen MR) is 44.7 cm³/mol. The van der Waals surface area contributed by atoms with E-state index in [0.717, 1.165) is 0 Å². The standard InChI is InChI=1S/C6H12BrNO3/c1-11-4-5(9)3-8-6(10)2-7/h5,9H,2-4H2,1H3,(H,8,10). The largest absolute Gasteiger partial charge is 0.389 e. The van der Waals surface area contributed by atoms with Gasteiger partial charge in [-0.1, -0.05) is 15.9 Å². The number of nitrogens with one attached hydrogen (secondary N) is 1. The molecule has 0 aliphatic heterocycles. The van der Waals surface area contributed by atoms with E-state index in [2.05, 4.69) is 26.0 Å². The third-order valence-corrected chi connectivity index (χ3v) is 1.52. The van der Waals surface area contributed by atoms with Crippen molar-refractivity contribution in [1.29, 1.82) is 0 Å². The lowest BCUT2D eigenvalue weighted by atomic mass is 10.4. The molecule has 0 aromatic rings. The van der Waals surface area contributed by atoms with Gasteiger partial charge in [0.05, 0.1) is 18.0 Å². The molecule has 0 aromatic heterocycles. The quantitative estimate of drug-likeness (QED) is 0.621. The monoisotopic (exact) mass is 225 g/mol. The molecule has 1 unspecified atom stereocenters. The summed E-state index contributed by atoms with van der Waals surface area (Å²) in [7, 11) is 1.50. The second-order valence-electron chi connectivity index (χ2n) is 2.05. The lowest BCUT2D eigenvalue weighted by Crippen LogP contribution is -2.34. The van der Waals surface area contributed by atoms with Gasteiger partial charge in [0.15, 0.2) is 0 Å². The fourth-order valence-corrected chi connectivity index (χ4v) is 0.728. The van der Waals surface area contributed by atoms with Gasteiger partial charge in [-0.15, -0.1) is 0 Å². The number of methoxy groups -OCH3 is 1. The lowest BCUT2D eigenvalue weighted by Gasteiger charge is -2.09. The van der Waals surface area contributed by atoms with Gasteiger partial charge in [0.1, 0.15) is 0 Å². The van der Waals surface area contributed by atoms with Crippen LogP contribution < -0.4 is 5.32 Å². The van der Waals surface area contributed by atoms with E-state index in [9.17, 15) is 4.79 Å². The van der Waals surface area contributed by atoms with Gasteiger partial charge in [0.25, 0.3) is 0 Å². The minimum absolute atomic E-state index is 0.139. The van der Waals surface area contributed by atoms with Crippen LogP contribution in [-0.2, 0) is 9.53 Å². The molecular weight excluding hydrogens is 214 g/mol. The smallest absolute Gasteiger partial charge is 0.230 e. The van der Waals surface area contributed by atoms with E-state index in [-0.39, 0.29) is 24.4 Å². The van der Waals surface area contributed by atoms with Crippen molar-refractivity contribution in [1.82, 2.24) is 5.32 Å². The number of hydrogen-bond donors (Lipinski definition) is 2. The first-order valence-corrected chi connectivity index (χ1v) is 4.32. The first kappa shape index (κ1) is 10.9. The van der Waals surface area contributed by atoms with Crippen LogP contribution in [0, 0.1) is 0 Å². The highest BCUT2D eigenvalue weighted by Gasteiger charge is 2.04. The molecule has 0 saturated carbocycles. The topological polar surface area (TPSA) is 58.6 Å². The molecule has 1 atom stereocenters. The maximum absolute atomic E-state index is 10.6. The van der Waals surface area contributed by atoms with Crippen molar-refractivity contribution in [2.24, 2.45) is 0 Å². The summed E-state index contributed by atoms with van der Waals surface area (Å²) in [4.78, 5) is 10.6. The Morgan fingerprint density at radius 2 is 2.45 bits per heavy atom. The Morgan fingerprint density at radius 3 is 2.91 bits per heavy atom. The van der Waals surface area contributed by atoms with Gasteiger partial charge >= 0.3 is 0 Å². The minimum Gasteiger partial charge on any atom is -0.389 e. The van der Waals surface area contributed by atoms with Crippen molar-refractivity contribution in [3.63, 3.8) is 0 Å². The zero-order valence-corrected chi connectivity index (χ0v) is 7.93. The van der Waals surface area contributed by atoms with Gasteiger partial charge < -0.3 is 15.2 Å². The molecule has 0 rings (SSSR count). The Morgan fingerprint density at radius 1 is 1.82 bits per heavy atom. The number of carbonyl (C=O) groups is 1. The fourth-order valence-electron chi connectivity index (χ4n) is 0.530. The predicted octanol–water partition coefficient (Wildman–Crippen LogP) is -0.495. The molecule has 0 aliphatic carbocycles. The number of alkyl halides is 1. The summed E-state index contributed by atoms with van der Waals surface area (Å²) in [6, 6.07) is 0. The van der Waals surface area contributed by atoms with Crippen molar-refractivity contribution in [2.45, 2.75) is 6.10 Å². The summed E-state index contributed by atoms with van der Waals surface area (Å²) in [6.45, 7) is 0.473. The number of hydrogen-bond acceptors (Lipinski definition) is 3. The van der Waals surface area contributed by atoms with E-state index in [1.54, 1.807) is 0 Å². The summed E-state index contributed by atoms with van der Waals surface area (Å²) in [5.74, 6) is -0.139. The summed E-state index contributed by atoms with van der Waals surface area (Å²) in [5, 5.41) is 11.8. The molecule has 2 N–H and O–H groups in total. The van der Waals surface area contributed by atoms with Crippen LogP contribution in [0.3, 0.4) is 0 Å². The Labute approximate surface area is 74.1 Å². The number of rotatable bonds is 5. The summed E-state index contributed by atoms with van der Waals surface area (Å²) >= 11 is 2.98. The van der Waals surface area contributed by atoms with Crippen molar-refractivity contribution < 1.29 is 14.6 Å². The molecule has 0 saturated heterocycles. The first-order valence-electron chi connectivity index (χ1n) is 3.20. The molecule has 5 heteroatoms. The molecule has 4 nitrogen and oxygen atoms in total. The normalized spacial score (nSPS) is 12.6. The van der Waals surface area contributed by atoms with E-state index in [4.69, 9.17) is 5.11 Å². The van der Waals surface area contributed by atoms with Crippen LogP contribution in [0.25, 0.3) is 0 Å². The van der Waals surface area contributed by atoms with Crippen LogP contribution in [0.2, 0.25) is 0 Å². The van der Waals surface area contributed by atoms with Gasteiger partial charge in [0.2, 0.25) is 5.91 Å². The first-order chi connectivity index (χ1) is 5.20. The van der Waals surface area contributed by atoms with Crippen LogP contribution in [0.15, 0.2) is 0 Å². The second kappa shape index (κ2) is 6.57. The molecule has 66 valence electrons. The number of amides is 1. The Balaban J connectivity index is 3.29. The zero-order chi connectivity index (χ0) is 8.69. The van der Waals surface area contributed by atoms with Gasteiger partial charge in [-0.3, -0.25) is 4.79 Å². The molecule has 0 fully saturated rings. The molecule has 11 heavy (non-hydrogen) atoms. The molecular formula is C6H12BrNO3. The van der Waals surface area contributed by atoms with Crippen LogP contribution in [-0.4, -0.2) is 42.7 Å². The summed E-state index contributed by atoms with van der Waals surface area (Å²) < 4.78 is 4.66. The van der Waals surface area contributed by atoms with E-state index in [1.165, 1.54) is 7.11 Å². The summed E-state index contributed by atoms with van der Waals surface area (Å²) in [5.41, 5.74) is 0. The van der Waals surface area contributed by atoms with Crippen molar-refractivity contribution in [3.8, 4) is 0 Å². The Kier molecular flexibility index (Phi) is 6.49. The van der Waals surface area contributed by atoms with Crippen molar-refractivity contribution in [2.75, 3.05) is 25.6 Å². The highest BCUT2D eigenvalue weighted by atomic mass is 79.9. The highest BCUT2D eigenvalue weighted by molar-refractivity contribution is 9.09. The Hall–Kier alpha value is -0.130. The molecule has 0 bridgehead atoms. The van der Waals surface area contributed by atoms with Gasteiger partial charge in [-0.2, -0.15) is 0 Å². The van der Waals surface area contributed by atoms with E-state index in [0.29, 0.717) is 0 Å². The number of carbonyl (C=O) groups excluding carboxylic acids is 1. The maximum atomic E-state index is 10.6. The number of ether oxygens (including phenoxy) is 1. The van der Waals surface area contributed by atoms with Crippen molar-refractivity contribution in [3.05, 3.63) is 0 Å². The molecule has 0 radical (unpaired) electrons. The van der Waals surface area contributed by atoms with Crippen LogP contribution in [0.5, 0.6) is 0 Å². The van der Waals surface area contributed by atoms with Gasteiger partial charge in [-0.25, -0.2) is 0 Å². The van der Waals surface area contributed by atoms with E-state index in [1.807, 2.05) is 0 Å². The van der Waals surface area contributed by atoms with Gasteiger partial charge in [0, 0.05) is 13.7 Å². The van der Waals surface area contributed by atoms with Crippen LogP contribution >= 0.6 is 15.9 Å². The van der Waals surface area contributed by atoms with E-state index < -0.39 is 6.10 Å². The molecule has 0 heterocycles. The van der Waals surface area contributed by atoms with Crippen molar-refractivity contribution >= 4 is 21.8 Å². The second-order valence-corrected chi connectivity index (χ2v) is 2.61. The molecule has 0 spiro atoms. The zero-order valence-electron chi connectivity index (χ0n) is 6.34. The number of aliphatic hydroxyl groups is 1. The SMILES string of the molecule is COCC(O)CNC(=O)CBr. The maximum Gasteiger partial charge on any atom is 0.230 e. The molecule has 0 aromatic carbocycles. The average molecular weight is 226 g/mol. The highest BCUT2D eigenvalue weighted by Crippen LogP contribution is 1.83. The number of aliphatic hydroxyl groups excluding tert-OH is 1. The molecule has 0 aliphatic rings.